The summed E-state index contributed by atoms with van der Waals surface area (Å²) < 4.78 is 5.52. The first-order valence-electron chi connectivity index (χ1n) is 12.5. The van der Waals surface area contributed by atoms with Crippen molar-refractivity contribution in [1.82, 2.24) is 20.5 Å². The molecule has 2 aliphatic heterocycles. The van der Waals surface area contributed by atoms with Gasteiger partial charge in [-0.25, -0.2) is 5.01 Å². The van der Waals surface area contributed by atoms with Crippen LogP contribution in [0.3, 0.4) is 0 Å². The first-order chi connectivity index (χ1) is 16.3. The molecule has 2 rings (SSSR count). The molecule has 0 saturated heterocycles. The van der Waals surface area contributed by atoms with Gasteiger partial charge in [0.05, 0.1) is 0 Å². The van der Waals surface area contributed by atoms with Crippen LogP contribution in [0.4, 0.5) is 0 Å². The molecule has 0 bridgehead atoms. The van der Waals surface area contributed by atoms with Crippen LogP contribution < -0.4 is 10.6 Å². The van der Waals surface area contributed by atoms with Crippen molar-refractivity contribution >= 4 is 18.0 Å². The fourth-order valence-corrected chi connectivity index (χ4v) is 4.14. The Labute approximate surface area is 205 Å². The van der Waals surface area contributed by atoms with Crippen LogP contribution in [-0.2, 0) is 9.53 Å². The van der Waals surface area contributed by atoms with Gasteiger partial charge in [-0.15, -0.1) is 0 Å². The van der Waals surface area contributed by atoms with Gasteiger partial charge in [-0.1, -0.05) is 39.5 Å². The second kappa shape index (κ2) is 14.1. The maximum absolute atomic E-state index is 12.8. The number of hydrazone groups is 1. The Hall–Kier alpha value is -2.45. The van der Waals surface area contributed by atoms with Crippen molar-refractivity contribution in [1.29, 1.82) is 0 Å². The molecule has 0 fully saturated rings. The van der Waals surface area contributed by atoms with E-state index in [9.17, 15) is 4.79 Å². The zero-order chi connectivity index (χ0) is 25.1. The quantitative estimate of drug-likeness (QED) is 0.281. The third-order valence-corrected chi connectivity index (χ3v) is 6.45. The van der Waals surface area contributed by atoms with Crippen LogP contribution in [0.25, 0.3) is 0 Å². The summed E-state index contributed by atoms with van der Waals surface area (Å²) in [6.07, 6.45) is 9.73. The zero-order valence-electron chi connectivity index (χ0n) is 21.9. The number of carbonyl (C=O) groups is 1. The van der Waals surface area contributed by atoms with Crippen LogP contribution in [-0.4, -0.2) is 67.4 Å². The van der Waals surface area contributed by atoms with Crippen molar-refractivity contribution in [3.05, 3.63) is 36.3 Å². The van der Waals surface area contributed by atoms with Crippen LogP contribution in [0, 0.1) is 17.8 Å². The molecule has 8 nitrogen and oxygen atoms in total. The Kier molecular flexibility index (Phi) is 11.5. The van der Waals surface area contributed by atoms with Gasteiger partial charge in [-0.3, -0.25) is 9.79 Å². The standard InChI is InChI=1S/C26H44N6O2/c1-8-13-27-22(9-2)11-14-31(7)18-21(19(4)5)16-24-29-26(33)23-17-28-25(32(23)30-24)20(6)12-15-34-10-3/h8-9,13,17,19-21,25,28H,1,10-12,14-16,18H2,2-7H3,(H,29,30,33)/b22-9-,27-13?. The van der Waals surface area contributed by atoms with Gasteiger partial charge in [0.25, 0.3) is 5.91 Å². The summed E-state index contributed by atoms with van der Waals surface area (Å²) in [6, 6.07) is 0. The van der Waals surface area contributed by atoms with Crippen LogP contribution in [0.15, 0.2) is 46.4 Å². The van der Waals surface area contributed by atoms with E-state index in [0.717, 1.165) is 43.9 Å². The number of fused-ring (bicyclic) bond motifs is 1. The molecule has 3 atom stereocenters. The van der Waals surface area contributed by atoms with Gasteiger partial charge in [0.2, 0.25) is 0 Å². The Morgan fingerprint density at radius 3 is 2.82 bits per heavy atom. The number of nitrogens with one attached hydrogen (secondary N) is 2. The van der Waals surface area contributed by atoms with E-state index < -0.39 is 0 Å². The minimum absolute atomic E-state index is 0.0351. The zero-order valence-corrected chi connectivity index (χ0v) is 21.9. The van der Waals surface area contributed by atoms with Gasteiger partial charge in [0, 0.05) is 57.3 Å². The maximum atomic E-state index is 12.8. The summed E-state index contributed by atoms with van der Waals surface area (Å²) in [6.45, 7) is 17.6. The highest BCUT2D eigenvalue weighted by molar-refractivity contribution is 6.07. The third-order valence-electron chi connectivity index (χ3n) is 6.45. The fraction of sp³-hybridized carbons (Fsp3) is 0.654. The minimum atomic E-state index is -0.0920. The van der Waals surface area contributed by atoms with Gasteiger partial charge in [0.15, 0.2) is 0 Å². The van der Waals surface area contributed by atoms with Crippen molar-refractivity contribution in [2.24, 2.45) is 27.8 Å². The highest BCUT2D eigenvalue weighted by atomic mass is 16.5. The van der Waals surface area contributed by atoms with Gasteiger partial charge in [-0.2, -0.15) is 5.10 Å². The first-order valence-corrected chi connectivity index (χ1v) is 12.5. The molecule has 0 aliphatic carbocycles. The van der Waals surface area contributed by atoms with Crippen LogP contribution in [0.2, 0.25) is 0 Å². The predicted molar refractivity (Wildman–Crippen MR) is 140 cm³/mol. The van der Waals surface area contributed by atoms with E-state index in [0.29, 0.717) is 30.7 Å². The second-order valence-corrected chi connectivity index (χ2v) is 9.46. The summed E-state index contributed by atoms with van der Waals surface area (Å²) in [5.74, 6) is 1.75. The monoisotopic (exact) mass is 472 g/mol. The van der Waals surface area contributed by atoms with Crippen molar-refractivity contribution in [3.63, 3.8) is 0 Å². The molecule has 3 unspecified atom stereocenters. The summed E-state index contributed by atoms with van der Waals surface area (Å²) >= 11 is 0. The van der Waals surface area contributed by atoms with E-state index in [2.05, 4.69) is 54.9 Å². The average molecular weight is 473 g/mol. The minimum Gasteiger partial charge on any atom is -0.382 e. The molecule has 190 valence electrons. The Balaban J connectivity index is 2.01. The lowest BCUT2D eigenvalue weighted by Crippen LogP contribution is -2.48. The summed E-state index contributed by atoms with van der Waals surface area (Å²) in [4.78, 5) is 19.5. The molecule has 2 N–H and O–H groups in total. The number of aliphatic imine (C=N–C) groups is 1. The number of ether oxygens (including phenoxy) is 1. The lowest BCUT2D eigenvalue weighted by Gasteiger charge is -2.33. The summed E-state index contributed by atoms with van der Waals surface area (Å²) in [7, 11) is 2.14. The molecular weight excluding hydrogens is 428 g/mol. The van der Waals surface area contributed by atoms with E-state index >= 15 is 0 Å². The molecule has 0 aromatic rings. The molecule has 0 aromatic carbocycles. The topological polar surface area (TPSA) is 81.6 Å². The van der Waals surface area contributed by atoms with E-state index in [-0.39, 0.29) is 18.0 Å². The van der Waals surface area contributed by atoms with Gasteiger partial charge in [0.1, 0.15) is 17.7 Å². The normalized spacial score (nSPS) is 20.2. The Morgan fingerprint density at radius 2 is 2.18 bits per heavy atom. The smallest absolute Gasteiger partial charge is 0.276 e. The predicted octanol–water partition coefficient (Wildman–Crippen LogP) is 3.71. The van der Waals surface area contributed by atoms with Crippen LogP contribution in [0.1, 0.15) is 53.9 Å². The van der Waals surface area contributed by atoms with Gasteiger partial charge in [-0.05, 0) is 45.1 Å². The number of nitrogens with zero attached hydrogens (tertiary/aromatic N) is 4. The maximum Gasteiger partial charge on any atom is 0.276 e. The van der Waals surface area contributed by atoms with Crippen LogP contribution >= 0.6 is 0 Å². The van der Waals surface area contributed by atoms with Crippen LogP contribution in [0.5, 0.6) is 0 Å². The summed E-state index contributed by atoms with van der Waals surface area (Å²) in [5.41, 5.74) is 1.64. The molecule has 8 heteroatoms. The molecule has 0 radical (unpaired) electrons. The highest BCUT2D eigenvalue weighted by Gasteiger charge is 2.37. The molecule has 34 heavy (non-hydrogen) atoms. The van der Waals surface area contributed by atoms with Crippen molar-refractivity contribution in [3.8, 4) is 0 Å². The van der Waals surface area contributed by atoms with Crippen molar-refractivity contribution in [2.75, 3.05) is 33.4 Å². The van der Waals surface area contributed by atoms with Gasteiger partial charge < -0.3 is 20.3 Å². The fourth-order valence-electron chi connectivity index (χ4n) is 4.14. The van der Waals surface area contributed by atoms with E-state index in [1.165, 1.54) is 0 Å². The third kappa shape index (κ3) is 8.09. The lowest BCUT2D eigenvalue weighted by atomic mass is 9.91. The molecule has 1 amide bonds. The largest absolute Gasteiger partial charge is 0.382 e. The van der Waals surface area contributed by atoms with Gasteiger partial charge >= 0.3 is 0 Å². The van der Waals surface area contributed by atoms with E-state index in [1.54, 1.807) is 18.5 Å². The van der Waals surface area contributed by atoms with Crippen molar-refractivity contribution in [2.45, 2.75) is 60.0 Å². The molecular formula is C26H44N6O2. The SMILES string of the molecule is C=CC=N/C(=C\C)CCN(C)CC(CC1=NN2C(=CNC2C(C)CCOCC)C(=O)N1)C(C)C. The number of rotatable bonds is 15. The van der Waals surface area contributed by atoms with E-state index in [4.69, 9.17) is 9.84 Å². The Morgan fingerprint density at radius 1 is 1.41 bits per heavy atom. The number of amidine groups is 1. The lowest BCUT2D eigenvalue weighted by molar-refractivity contribution is -0.118. The molecule has 2 heterocycles. The molecule has 0 aromatic heterocycles. The highest BCUT2D eigenvalue weighted by Crippen LogP contribution is 2.27. The number of allylic oxidation sites excluding steroid dienone is 2. The average Bonchev–Trinajstić information content (AvgIpc) is 3.23. The number of hydrogen-bond donors (Lipinski definition) is 2. The Bertz CT molecular complexity index is 801. The number of hydrogen-bond acceptors (Lipinski definition) is 7. The van der Waals surface area contributed by atoms with Crippen molar-refractivity contribution < 1.29 is 9.53 Å². The number of amides is 1. The number of carbonyl (C=O) groups excluding carboxylic acids is 1. The molecule has 0 saturated carbocycles. The molecule has 2 aliphatic rings. The second-order valence-electron chi connectivity index (χ2n) is 9.46. The first kappa shape index (κ1) is 27.8. The van der Waals surface area contributed by atoms with E-state index in [1.807, 2.05) is 24.9 Å². The molecule has 0 spiro atoms. The summed E-state index contributed by atoms with van der Waals surface area (Å²) in [5, 5.41) is 13.1.